The molecule has 1 aliphatic heterocycles. The van der Waals surface area contributed by atoms with Gasteiger partial charge in [0.1, 0.15) is 6.33 Å². The number of amides is 2. The fourth-order valence-corrected chi connectivity index (χ4v) is 2.15. The summed E-state index contributed by atoms with van der Waals surface area (Å²) in [6.45, 7) is 3.14. The van der Waals surface area contributed by atoms with Crippen LogP contribution in [0.2, 0.25) is 0 Å². The predicted octanol–water partition coefficient (Wildman–Crippen LogP) is 1.53. The van der Waals surface area contributed by atoms with Gasteiger partial charge >= 0.3 is 6.03 Å². The summed E-state index contributed by atoms with van der Waals surface area (Å²) >= 11 is 0. The smallest absolute Gasteiger partial charge is 0.306 e. The molecule has 3 rings (SSSR count). The lowest BCUT2D eigenvalue weighted by Crippen LogP contribution is -2.38. The van der Waals surface area contributed by atoms with Gasteiger partial charge in [-0.2, -0.15) is 0 Å². The van der Waals surface area contributed by atoms with Crippen molar-refractivity contribution in [3.05, 3.63) is 30.1 Å². The van der Waals surface area contributed by atoms with Crippen LogP contribution in [0, 0.1) is 6.92 Å². The monoisotopic (exact) mass is 288 g/mol. The van der Waals surface area contributed by atoms with Gasteiger partial charge in [0, 0.05) is 5.69 Å². The number of benzene rings is 1. The maximum absolute atomic E-state index is 12.1. The molecule has 8 nitrogen and oxygen atoms in total. The Morgan fingerprint density at radius 1 is 1.38 bits per heavy atom. The highest BCUT2D eigenvalue weighted by Gasteiger charge is 2.18. The number of nitrogens with zero attached hydrogens (tertiary/aromatic N) is 5. The van der Waals surface area contributed by atoms with Gasteiger partial charge in [0.25, 0.3) is 0 Å². The van der Waals surface area contributed by atoms with Crippen molar-refractivity contribution < 1.29 is 9.63 Å². The standard InChI is InChI=1S/C13H16N6O2/c1-10-4-5-11(8-12(10)18-9-14-16-17-18)15-13(20)19-6-2-3-7-21-19/h4-5,8-9H,2-3,6-7H2,1H3,(H,15,20). The number of urea groups is 1. The molecule has 2 aromatic rings. The Hall–Kier alpha value is -2.48. The first-order chi connectivity index (χ1) is 10.2. The number of nitrogens with one attached hydrogen (secondary N) is 1. The van der Waals surface area contributed by atoms with Gasteiger partial charge in [-0.3, -0.25) is 4.84 Å². The van der Waals surface area contributed by atoms with E-state index >= 15 is 0 Å². The second-order valence-electron chi connectivity index (χ2n) is 4.83. The normalized spacial score (nSPS) is 15.0. The Bertz CT molecular complexity index is 622. The number of anilines is 1. The molecule has 1 saturated heterocycles. The van der Waals surface area contributed by atoms with E-state index in [4.69, 9.17) is 4.84 Å². The van der Waals surface area contributed by atoms with E-state index in [1.165, 1.54) is 11.4 Å². The largest absolute Gasteiger partial charge is 0.345 e. The van der Waals surface area contributed by atoms with E-state index in [9.17, 15) is 4.79 Å². The highest BCUT2D eigenvalue weighted by molar-refractivity contribution is 5.89. The maximum Gasteiger partial charge on any atom is 0.345 e. The van der Waals surface area contributed by atoms with Gasteiger partial charge < -0.3 is 5.32 Å². The van der Waals surface area contributed by atoms with Crippen molar-refractivity contribution in [2.75, 3.05) is 18.5 Å². The van der Waals surface area contributed by atoms with E-state index in [0.717, 1.165) is 24.1 Å². The van der Waals surface area contributed by atoms with Gasteiger partial charge in [-0.25, -0.2) is 14.5 Å². The second-order valence-corrected chi connectivity index (χ2v) is 4.83. The number of carbonyl (C=O) groups is 1. The highest BCUT2D eigenvalue weighted by Crippen LogP contribution is 2.19. The minimum atomic E-state index is -0.263. The van der Waals surface area contributed by atoms with E-state index in [-0.39, 0.29) is 6.03 Å². The molecular weight excluding hydrogens is 272 g/mol. The molecule has 0 atom stereocenters. The summed E-state index contributed by atoms with van der Waals surface area (Å²) in [4.78, 5) is 17.4. The molecular formula is C13H16N6O2. The molecule has 0 bridgehead atoms. The van der Waals surface area contributed by atoms with E-state index < -0.39 is 0 Å². The minimum Gasteiger partial charge on any atom is -0.306 e. The highest BCUT2D eigenvalue weighted by atomic mass is 16.7. The molecule has 1 aliphatic rings. The van der Waals surface area contributed by atoms with Crippen LogP contribution in [0.5, 0.6) is 0 Å². The minimum absolute atomic E-state index is 0.263. The molecule has 0 saturated carbocycles. The average molecular weight is 288 g/mol. The zero-order valence-electron chi connectivity index (χ0n) is 11.7. The quantitative estimate of drug-likeness (QED) is 0.905. The summed E-state index contributed by atoms with van der Waals surface area (Å²) in [7, 11) is 0. The number of hydroxylamine groups is 2. The number of hydrogen-bond donors (Lipinski definition) is 1. The molecule has 1 fully saturated rings. The predicted molar refractivity (Wildman–Crippen MR) is 74.8 cm³/mol. The Morgan fingerprint density at radius 3 is 3.00 bits per heavy atom. The molecule has 0 spiro atoms. The molecule has 0 radical (unpaired) electrons. The molecule has 0 unspecified atom stereocenters. The molecule has 0 aliphatic carbocycles. The number of rotatable bonds is 2. The Morgan fingerprint density at radius 2 is 2.29 bits per heavy atom. The van der Waals surface area contributed by atoms with Gasteiger partial charge in [-0.1, -0.05) is 6.07 Å². The fraction of sp³-hybridized carbons (Fsp3) is 0.385. The summed E-state index contributed by atoms with van der Waals surface area (Å²) < 4.78 is 1.56. The van der Waals surface area contributed by atoms with Crippen molar-refractivity contribution in [1.82, 2.24) is 25.3 Å². The van der Waals surface area contributed by atoms with Gasteiger partial charge in [0.15, 0.2) is 0 Å². The third-order valence-electron chi connectivity index (χ3n) is 3.29. The SMILES string of the molecule is Cc1ccc(NC(=O)N2CCCCO2)cc1-n1cnnn1. The molecule has 21 heavy (non-hydrogen) atoms. The van der Waals surface area contributed by atoms with Crippen molar-refractivity contribution in [2.24, 2.45) is 0 Å². The van der Waals surface area contributed by atoms with Crippen LogP contribution < -0.4 is 5.32 Å². The molecule has 1 aromatic carbocycles. The van der Waals surface area contributed by atoms with Crippen LogP contribution in [0.15, 0.2) is 24.5 Å². The lowest BCUT2D eigenvalue weighted by molar-refractivity contribution is -0.135. The number of aryl methyl sites for hydroxylation is 1. The Labute approximate surface area is 121 Å². The molecule has 1 N–H and O–H groups in total. The summed E-state index contributed by atoms with van der Waals surface area (Å²) in [5.74, 6) is 0. The summed E-state index contributed by atoms with van der Waals surface area (Å²) in [5.41, 5.74) is 2.50. The van der Waals surface area contributed by atoms with Gasteiger partial charge in [0.05, 0.1) is 18.8 Å². The van der Waals surface area contributed by atoms with Crippen molar-refractivity contribution in [3.8, 4) is 5.69 Å². The molecule has 1 aromatic heterocycles. The molecule has 8 heteroatoms. The number of carbonyl (C=O) groups excluding carboxylic acids is 1. The first kappa shape index (κ1) is 13.5. The van der Waals surface area contributed by atoms with Gasteiger partial charge in [0.2, 0.25) is 0 Å². The van der Waals surface area contributed by atoms with Crippen LogP contribution in [-0.4, -0.2) is 44.5 Å². The van der Waals surface area contributed by atoms with Crippen LogP contribution in [0.4, 0.5) is 10.5 Å². The Balaban J connectivity index is 1.77. The van der Waals surface area contributed by atoms with Crippen molar-refractivity contribution in [2.45, 2.75) is 19.8 Å². The number of hydrogen-bond acceptors (Lipinski definition) is 5. The third kappa shape index (κ3) is 3.00. The Kier molecular flexibility index (Phi) is 3.78. The van der Waals surface area contributed by atoms with Gasteiger partial charge in [-0.15, -0.1) is 5.10 Å². The molecule has 2 amide bonds. The first-order valence-corrected chi connectivity index (χ1v) is 6.79. The van der Waals surface area contributed by atoms with Crippen molar-refractivity contribution >= 4 is 11.7 Å². The van der Waals surface area contributed by atoms with Crippen molar-refractivity contribution in [3.63, 3.8) is 0 Å². The van der Waals surface area contributed by atoms with E-state index in [0.29, 0.717) is 18.8 Å². The second kappa shape index (κ2) is 5.88. The zero-order chi connectivity index (χ0) is 14.7. The van der Waals surface area contributed by atoms with Gasteiger partial charge in [-0.05, 0) is 47.9 Å². The van der Waals surface area contributed by atoms with Crippen LogP contribution in [0.25, 0.3) is 5.69 Å². The third-order valence-corrected chi connectivity index (χ3v) is 3.29. The maximum atomic E-state index is 12.1. The van der Waals surface area contributed by atoms with Crippen LogP contribution in [0.1, 0.15) is 18.4 Å². The van der Waals surface area contributed by atoms with E-state index in [1.54, 1.807) is 4.68 Å². The fourth-order valence-electron chi connectivity index (χ4n) is 2.15. The van der Waals surface area contributed by atoms with E-state index in [1.807, 2.05) is 25.1 Å². The molecule has 110 valence electrons. The summed E-state index contributed by atoms with van der Waals surface area (Å²) in [5, 5.41) is 15.3. The number of tetrazole rings is 1. The van der Waals surface area contributed by atoms with Crippen LogP contribution >= 0.6 is 0 Å². The van der Waals surface area contributed by atoms with Crippen LogP contribution in [0.3, 0.4) is 0 Å². The number of aromatic nitrogens is 4. The average Bonchev–Trinajstić information content (AvgIpc) is 3.04. The lowest BCUT2D eigenvalue weighted by atomic mass is 10.2. The van der Waals surface area contributed by atoms with Crippen LogP contribution in [-0.2, 0) is 4.84 Å². The first-order valence-electron chi connectivity index (χ1n) is 6.79. The van der Waals surface area contributed by atoms with Crippen molar-refractivity contribution in [1.29, 1.82) is 0 Å². The summed E-state index contributed by atoms with van der Waals surface area (Å²) in [6.07, 6.45) is 3.45. The molecule has 2 heterocycles. The lowest BCUT2D eigenvalue weighted by Gasteiger charge is -2.26. The summed E-state index contributed by atoms with van der Waals surface area (Å²) in [6, 6.07) is 5.31. The van der Waals surface area contributed by atoms with E-state index in [2.05, 4.69) is 20.8 Å². The zero-order valence-corrected chi connectivity index (χ0v) is 11.7. The topological polar surface area (TPSA) is 85.2 Å².